The molecule has 4 rings (SSSR count). The molecule has 2 aliphatic heterocycles. The summed E-state index contributed by atoms with van der Waals surface area (Å²) in [5.74, 6) is -0.00518. The number of rotatable bonds is 3. The van der Waals surface area contributed by atoms with Crippen LogP contribution in [0, 0.1) is 6.92 Å². The van der Waals surface area contributed by atoms with Gasteiger partial charge < -0.3 is 14.4 Å². The van der Waals surface area contributed by atoms with Crippen LogP contribution in [0.2, 0.25) is 0 Å². The van der Waals surface area contributed by atoms with E-state index in [1.807, 2.05) is 60.6 Å². The third-order valence-electron chi connectivity index (χ3n) is 5.18. The number of ether oxygens (including phenoxy) is 2. The lowest BCUT2D eigenvalue weighted by Crippen LogP contribution is -2.60. The molecule has 6 nitrogen and oxygen atoms in total. The molecule has 6 heteroatoms. The molecule has 0 bridgehead atoms. The maximum atomic E-state index is 12.5. The highest BCUT2D eigenvalue weighted by Gasteiger charge is 2.43. The first-order valence-corrected chi connectivity index (χ1v) is 9.34. The number of hydrogen-bond donors (Lipinski definition) is 0. The first-order chi connectivity index (χ1) is 13.1. The van der Waals surface area contributed by atoms with Crippen LogP contribution in [0.5, 0.6) is 0 Å². The van der Waals surface area contributed by atoms with Gasteiger partial charge in [0.1, 0.15) is 12.2 Å². The molecule has 2 saturated heterocycles. The Morgan fingerprint density at radius 1 is 1.11 bits per heavy atom. The maximum Gasteiger partial charge on any atom is 0.253 e. The molecule has 2 aromatic rings. The normalized spacial score (nSPS) is 24.2. The second-order valence-electron chi connectivity index (χ2n) is 7.41. The Labute approximate surface area is 159 Å². The first-order valence-electron chi connectivity index (χ1n) is 9.34. The molecule has 2 aliphatic rings. The monoisotopic (exact) mass is 367 g/mol. The zero-order valence-electron chi connectivity index (χ0n) is 15.6. The molecule has 1 amide bonds. The molecule has 142 valence electrons. The average Bonchev–Trinajstić information content (AvgIpc) is 2.88. The van der Waals surface area contributed by atoms with Crippen LogP contribution >= 0.6 is 0 Å². The van der Waals surface area contributed by atoms with Gasteiger partial charge in [0.15, 0.2) is 0 Å². The van der Waals surface area contributed by atoms with E-state index in [4.69, 9.17) is 9.47 Å². The second-order valence-corrected chi connectivity index (χ2v) is 7.41. The van der Waals surface area contributed by atoms with Crippen molar-refractivity contribution in [3.63, 3.8) is 0 Å². The van der Waals surface area contributed by atoms with Crippen molar-refractivity contribution in [1.82, 2.24) is 9.88 Å². The van der Waals surface area contributed by atoms with Crippen molar-refractivity contribution in [2.75, 3.05) is 44.4 Å². The van der Waals surface area contributed by atoms with Gasteiger partial charge in [0.05, 0.1) is 19.8 Å². The van der Waals surface area contributed by atoms with Gasteiger partial charge >= 0.3 is 0 Å². The Hall–Kier alpha value is -2.28. The fraction of sp³-hybridized carbons (Fsp3) is 0.429. The van der Waals surface area contributed by atoms with Crippen LogP contribution in [-0.2, 0) is 20.8 Å². The smallest absolute Gasteiger partial charge is 0.253 e. The minimum absolute atomic E-state index is 0.00518. The fourth-order valence-electron chi connectivity index (χ4n) is 3.72. The summed E-state index contributed by atoms with van der Waals surface area (Å²) in [4.78, 5) is 20.8. The van der Waals surface area contributed by atoms with Crippen LogP contribution in [0.15, 0.2) is 48.8 Å². The van der Waals surface area contributed by atoms with Gasteiger partial charge in [0.2, 0.25) is 0 Å². The summed E-state index contributed by atoms with van der Waals surface area (Å²) in [7, 11) is 0. The third-order valence-corrected chi connectivity index (χ3v) is 5.18. The van der Waals surface area contributed by atoms with E-state index in [1.165, 1.54) is 11.1 Å². The third kappa shape index (κ3) is 4.18. The molecule has 3 heterocycles. The molecule has 0 aliphatic carbocycles. The van der Waals surface area contributed by atoms with Crippen molar-refractivity contribution in [3.05, 3.63) is 59.9 Å². The van der Waals surface area contributed by atoms with Crippen molar-refractivity contribution in [2.24, 2.45) is 0 Å². The van der Waals surface area contributed by atoms with Crippen LogP contribution in [0.4, 0.5) is 5.69 Å². The summed E-state index contributed by atoms with van der Waals surface area (Å²) in [6, 6.07) is 12.1. The van der Waals surface area contributed by atoms with Crippen molar-refractivity contribution in [3.8, 4) is 0 Å². The number of benzene rings is 1. The molecular formula is C21H25N3O3. The summed E-state index contributed by atoms with van der Waals surface area (Å²) in [5.41, 5.74) is 2.79. The van der Waals surface area contributed by atoms with E-state index in [2.05, 4.69) is 9.88 Å². The van der Waals surface area contributed by atoms with Gasteiger partial charge in [-0.25, -0.2) is 0 Å². The number of aryl methyl sites for hydroxylation is 1. The second kappa shape index (κ2) is 7.76. The summed E-state index contributed by atoms with van der Waals surface area (Å²) in [6.45, 7) is 6.17. The van der Waals surface area contributed by atoms with E-state index in [0.29, 0.717) is 19.8 Å². The number of hydrogen-bond acceptors (Lipinski definition) is 5. The molecule has 0 radical (unpaired) electrons. The lowest BCUT2D eigenvalue weighted by Gasteiger charge is -2.43. The molecule has 2 fully saturated rings. The van der Waals surface area contributed by atoms with Crippen molar-refractivity contribution in [2.45, 2.75) is 19.1 Å². The Morgan fingerprint density at radius 3 is 2.67 bits per heavy atom. The standard InChI is InChI=1S/C21H25N3O3/c1-17-2-4-19(5-3-17)24-15-21(27-13-20(24)25)14-23(10-11-26-16-21)12-18-6-8-22-9-7-18/h2-9H,10-16H2,1H3/t21-/m1/s1. The molecule has 1 aromatic heterocycles. The highest BCUT2D eigenvalue weighted by atomic mass is 16.6. The summed E-state index contributed by atoms with van der Waals surface area (Å²) < 4.78 is 11.9. The van der Waals surface area contributed by atoms with E-state index in [9.17, 15) is 4.79 Å². The molecule has 1 aromatic carbocycles. The highest BCUT2D eigenvalue weighted by molar-refractivity contribution is 5.95. The van der Waals surface area contributed by atoms with Crippen LogP contribution in [0.1, 0.15) is 11.1 Å². The number of carbonyl (C=O) groups is 1. The topological polar surface area (TPSA) is 54.9 Å². The Balaban J connectivity index is 1.53. The lowest BCUT2D eigenvalue weighted by atomic mass is 10.0. The van der Waals surface area contributed by atoms with E-state index >= 15 is 0 Å². The number of anilines is 1. The molecule has 0 unspecified atom stereocenters. The number of pyridine rings is 1. The van der Waals surface area contributed by atoms with Crippen molar-refractivity contribution >= 4 is 11.6 Å². The van der Waals surface area contributed by atoms with Crippen molar-refractivity contribution < 1.29 is 14.3 Å². The maximum absolute atomic E-state index is 12.5. The lowest BCUT2D eigenvalue weighted by molar-refractivity contribution is -0.146. The van der Waals surface area contributed by atoms with E-state index in [0.717, 1.165) is 25.3 Å². The molecule has 27 heavy (non-hydrogen) atoms. The predicted octanol–water partition coefficient (Wildman–Crippen LogP) is 2.02. The molecule has 0 N–H and O–H groups in total. The summed E-state index contributed by atoms with van der Waals surface area (Å²) in [5, 5.41) is 0. The number of morpholine rings is 1. The van der Waals surface area contributed by atoms with Gasteiger partial charge in [-0.05, 0) is 36.8 Å². The number of nitrogens with zero attached hydrogens (tertiary/aromatic N) is 3. The highest BCUT2D eigenvalue weighted by Crippen LogP contribution is 2.28. The predicted molar refractivity (Wildman–Crippen MR) is 103 cm³/mol. The van der Waals surface area contributed by atoms with Crippen molar-refractivity contribution in [1.29, 1.82) is 0 Å². The number of carbonyl (C=O) groups excluding carboxylic acids is 1. The average molecular weight is 367 g/mol. The first kappa shape index (κ1) is 18.1. The minimum Gasteiger partial charge on any atom is -0.377 e. The molecule has 1 spiro atoms. The van der Waals surface area contributed by atoms with E-state index in [-0.39, 0.29) is 12.5 Å². The minimum atomic E-state index is -0.512. The van der Waals surface area contributed by atoms with Gasteiger partial charge in [0, 0.05) is 37.7 Å². The summed E-state index contributed by atoms with van der Waals surface area (Å²) in [6.07, 6.45) is 3.63. The van der Waals surface area contributed by atoms with Gasteiger partial charge in [0.25, 0.3) is 5.91 Å². The molecule has 1 atom stereocenters. The molecule has 0 saturated carbocycles. The summed E-state index contributed by atoms with van der Waals surface area (Å²) >= 11 is 0. The Morgan fingerprint density at radius 2 is 1.89 bits per heavy atom. The van der Waals surface area contributed by atoms with Crippen LogP contribution in [-0.4, -0.2) is 60.8 Å². The fourth-order valence-corrected chi connectivity index (χ4v) is 3.72. The van der Waals surface area contributed by atoms with E-state index in [1.54, 1.807) is 0 Å². The van der Waals surface area contributed by atoms with Crippen LogP contribution in [0.25, 0.3) is 0 Å². The number of aromatic nitrogens is 1. The quantitative estimate of drug-likeness (QED) is 0.831. The Bertz CT molecular complexity index is 781. The zero-order valence-corrected chi connectivity index (χ0v) is 15.6. The molecular weight excluding hydrogens is 342 g/mol. The van der Waals surface area contributed by atoms with Crippen LogP contribution in [0.3, 0.4) is 0 Å². The van der Waals surface area contributed by atoms with Gasteiger partial charge in [-0.1, -0.05) is 17.7 Å². The van der Waals surface area contributed by atoms with Gasteiger partial charge in [-0.2, -0.15) is 0 Å². The Kier molecular flexibility index (Phi) is 5.20. The van der Waals surface area contributed by atoms with Gasteiger partial charge in [-0.3, -0.25) is 14.7 Å². The van der Waals surface area contributed by atoms with Gasteiger partial charge in [-0.15, -0.1) is 0 Å². The number of amides is 1. The largest absolute Gasteiger partial charge is 0.377 e. The van der Waals surface area contributed by atoms with E-state index < -0.39 is 5.60 Å². The SMILES string of the molecule is Cc1ccc(N2C[C@]3(COCCN(Cc4ccncc4)C3)OCC2=O)cc1. The zero-order chi connectivity index (χ0) is 18.7. The van der Waals surface area contributed by atoms with Crippen LogP contribution < -0.4 is 4.90 Å².